The summed E-state index contributed by atoms with van der Waals surface area (Å²) in [6.45, 7) is -0.339. The molecule has 0 bridgehead atoms. The van der Waals surface area contributed by atoms with Crippen LogP contribution in [0.25, 0.3) is 0 Å². The van der Waals surface area contributed by atoms with Gasteiger partial charge in [0.25, 0.3) is 0 Å². The van der Waals surface area contributed by atoms with Gasteiger partial charge in [0.1, 0.15) is 11.5 Å². The lowest BCUT2D eigenvalue weighted by Gasteiger charge is -2.18. The summed E-state index contributed by atoms with van der Waals surface area (Å²) in [5.74, 6) is 0.894. The van der Waals surface area contributed by atoms with Crippen LogP contribution in [0.1, 0.15) is 6.92 Å². The van der Waals surface area contributed by atoms with Crippen molar-refractivity contribution in [3.8, 4) is 11.5 Å². The van der Waals surface area contributed by atoms with E-state index in [4.69, 9.17) is 9.47 Å². The van der Waals surface area contributed by atoms with Crippen LogP contribution in [-0.4, -0.2) is 20.2 Å². The van der Waals surface area contributed by atoms with Gasteiger partial charge in [0.2, 0.25) is 0 Å². The Bertz CT molecular complexity index is 391. The van der Waals surface area contributed by atoms with Crippen LogP contribution in [0, 0.1) is 0 Å². The molecule has 2 nitrogen and oxygen atoms in total. The van der Waals surface area contributed by atoms with Gasteiger partial charge in [-0.3, -0.25) is 0 Å². The summed E-state index contributed by atoms with van der Waals surface area (Å²) in [7, 11) is 0. The topological polar surface area (TPSA) is 18.5 Å². The van der Waals surface area contributed by atoms with Crippen molar-refractivity contribution in [3.05, 3.63) is 36.3 Å². The molecule has 0 amide bonds. The molecular formula is C11H13BF3O2-. The summed E-state index contributed by atoms with van der Waals surface area (Å²) in [6, 6.07) is 6.47. The fourth-order valence-electron chi connectivity index (χ4n) is 1.09. The van der Waals surface area contributed by atoms with Crippen LogP contribution >= 0.6 is 0 Å². The number of rotatable bonds is 6. The largest absolute Gasteiger partial charge is 0.508 e. The Morgan fingerprint density at radius 3 is 2.35 bits per heavy atom. The summed E-state index contributed by atoms with van der Waals surface area (Å²) in [5, 5.41) is 0. The Morgan fingerprint density at radius 1 is 1.24 bits per heavy atom. The molecule has 0 aromatic heterocycles. The van der Waals surface area contributed by atoms with Gasteiger partial charge >= 0.3 is 6.98 Å². The first-order valence-corrected chi connectivity index (χ1v) is 5.16. The van der Waals surface area contributed by atoms with Crippen LogP contribution in [0.5, 0.6) is 11.5 Å². The lowest BCUT2D eigenvalue weighted by Crippen LogP contribution is -2.23. The van der Waals surface area contributed by atoms with Crippen LogP contribution in [-0.2, 0) is 0 Å². The molecule has 1 rings (SSSR count). The van der Waals surface area contributed by atoms with Gasteiger partial charge in [-0.05, 0) is 19.1 Å². The van der Waals surface area contributed by atoms with Crippen molar-refractivity contribution < 1.29 is 22.4 Å². The molecule has 0 unspecified atom stereocenters. The molecule has 0 radical (unpaired) electrons. The number of hydrogen-bond acceptors (Lipinski definition) is 2. The van der Waals surface area contributed by atoms with E-state index in [2.05, 4.69) is 6.58 Å². The van der Waals surface area contributed by atoms with Crippen molar-refractivity contribution in [2.24, 2.45) is 0 Å². The summed E-state index contributed by atoms with van der Waals surface area (Å²) >= 11 is 0. The van der Waals surface area contributed by atoms with Crippen LogP contribution in [0.3, 0.4) is 0 Å². The van der Waals surface area contributed by atoms with Crippen molar-refractivity contribution in [1.29, 1.82) is 0 Å². The molecule has 0 N–H and O–H groups in total. The van der Waals surface area contributed by atoms with Gasteiger partial charge in [-0.2, -0.15) is 0 Å². The predicted octanol–water partition coefficient (Wildman–Crippen LogP) is 3.41. The number of hydrogen-bond donors (Lipinski definition) is 0. The van der Waals surface area contributed by atoms with Crippen LogP contribution in [0.2, 0.25) is 0 Å². The zero-order valence-electron chi connectivity index (χ0n) is 9.46. The van der Waals surface area contributed by atoms with E-state index >= 15 is 0 Å². The summed E-state index contributed by atoms with van der Waals surface area (Å²) < 4.78 is 46.8. The highest BCUT2D eigenvalue weighted by atomic mass is 19.4. The smallest absolute Gasteiger partial charge is 0.494 e. The molecule has 6 heteroatoms. The van der Waals surface area contributed by atoms with Crippen molar-refractivity contribution in [3.63, 3.8) is 0 Å². The monoisotopic (exact) mass is 245 g/mol. The molecule has 0 fully saturated rings. The third-order valence-corrected chi connectivity index (χ3v) is 2.00. The zero-order valence-corrected chi connectivity index (χ0v) is 9.46. The van der Waals surface area contributed by atoms with Gasteiger partial charge in [0.05, 0.1) is 13.2 Å². The quantitative estimate of drug-likeness (QED) is 0.715. The van der Waals surface area contributed by atoms with E-state index in [0.29, 0.717) is 18.1 Å². The molecule has 0 saturated carbocycles. The first-order chi connectivity index (χ1) is 7.93. The molecule has 0 heterocycles. The molecular weight excluding hydrogens is 232 g/mol. The van der Waals surface area contributed by atoms with E-state index in [-0.39, 0.29) is 0 Å². The third-order valence-electron chi connectivity index (χ3n) is 2.00. The van der Waals surface area contributed by atoms with E-state index in [9.17, 15) is 12.9 Å². The third kappa shape index (κ3) is 4.42. The van der Waals surface area contributed by atoms with Crippen molar-refractivity contribution in [2.75, 3.05) is 13.2 Å². The van der Waals surface area contributed by atoms with E-state index in [1.807, 2.05) is 6.92 Å². The second-order valence-corrected chi connectivity index (χ2v) is 3.43. The van der Waals surface area contributed by atoms with E-state index in [1.165, 1.54) is 0 Å². The minimum atomic E-state index is -5.04. The molecule has 94 valence electrons. The Morgan fingerprint density at radius 2 is 1.82 bits per heavy atom. The highest BCUT2D eigenvalue weighted by molar-refractivity contribution is 6.66. The van der Waals surface area contributed by atoms with E-state index in [1.54, 1.807) is 24.3 Å². The Labute approximate surface area is 98.1 Å². The van der Waals surface area contributed by atoms with Crippen LogP contribution in [0.4, 0.5) is 12.9 Å². The van der Waals surface area contributed by atoms with Crippen LogP contribution < -0.4 is 9.47 Å². The zero-order chi connectivity index (χ0) is 12.9. The molecule has 0 aliphatic carbocycles. The first kappa shape index (κ1) is 13.5. The van der Waals surface area contributed by atoms with Gasteiger partial charge in [-0.25, -0.2) is 0 Å². The van der Waals surface area contributed by atoms with Crippen molar-refractivity contribution in [1.82, 2.24) is 0 Å². The van der Waals surface area contributed by atoms with E-state index < -0.39 is 19.1 Å². The minimum absolute atomic E-state index is 0.331. The number of halogens is 3. The Kier molecular flexibility index (Phi) is 4.49. The maximum Gasteiger partial charge on any atom is 0.508 e. The molecule has 0 aliphatic heterocycles. The van der Waals surface area contributed by atoms with Gasteiger partial charge in [0.15, 0.2) is 0 Å². The fraction of sp³-hybridized carbons (Fsp3) is 0.273. The van der Waals surface area contributed by atoms with Gasteiger partial charge < -0.3 is 22.4 Å². The van der Waals surface area contributed by atoms with Gasteiger partial charge in [-0.15, -0.1) is 12.1 Å². The predicted molar refractivity (Wildman–Crippen MR) is 61.3 cm³/mol. The van der Waals surface area contributed by atoms with Gasteiger partial charge in [0, 0.05) is 6.07 Å². The summed E-state index contributed by atoms with van der Waals surface area (Å²) in [4.78, 5) is 0. The minimum Gasteiger partial charge on any atom is -0.494 e. The lowest BCUT2D eigenvalue weighted by molar-refractivity contribution is 0.326. The van der Waals surface area contributed by atoms with Crippen molar-refractivity contribution in [2.45, 2.75) is 6.92 Å². The highest BCUT2D eigenvalue weighted by Gasteiger charge is 2.26. The molecule has 17 heavy (non-hydrogen) atoms. The van der Waals surface area contributed by atoms with Gasteiger partial charge in [-0.1, -0.05) is 6.07 Å². The second-order valence-electron chi connectivity index (χ2n) is 3.43. The maximum absolute atomic E-state index is 12.2. The lowest BCUT2D eigenvalue weighted by atomic mass is 9.81. The molecule has 1 aromatic carbocycles. The fourth-order valence-corrected chi connectivity index (χ4v) is 1.09. The van der Waals surface area contributed by atoms with E-state index in [0.717, 1.165) is 0 Å². The Hall–Kier alpha value is -1.59. The highest BCUT2D eigenvalue weighted by Crippen LogP contribution is 2.22. The normalized spacial score (nSPS) is 11.1. The summed E-state index contributed by atoms with van der Waals surface area (Å²) in [6.07, 6.45) is 0. The standard InChI is InChI=1S/C11H13BF3O2/c1-3-16-10-5-4-6-11(7-10)17-8-9(2)12(13,14)15/h4-7H,2-3,8H2,1H3/q-1. The molecule has 1 aromatic rings. The molecule has 0 aliphatic rings. The second kappa shape index (κ2) is 5.66. The molecule has 0 atom stereocenters. The Balaban J connectivity index is 2.57. The number of ether oxygens (including phenoxy) is 2. The average Bonchev–Trinajstić information content (AvgIpc) is 2.25. The SMILES string of the molecule is C=C(COc1cccc(OCC)c1)[B-](F)(F)F. The maximum atomic E-state index is 12.2. The van der Waals surface area contributed by atoms with Crippen molar-refractivity contribution >= 4 is 6.98 Å². The molecule has 0 spiro atoms. The summed E-state index contributed by atoms with van der Waals surface area (Å²) in [5.41, 5.74) is -0.855. The average molecular weight is 245 g/mol. The first-order valence-electron chi connectivity index (χ1n) is 5.16. The molecule has 0 saturated heterocycles. The van der Waals surface area contributed by atoms with Crippen LogP contribution in [0.15, 0.2) is 36.3 Å². The number of benzene rings is 1.